The molecular formula is C9H6F4N4. The van der Waals surface area contributed by atoms with Crippen LogP contribution in [0.2, 0.25) is 0 Å². The Morgan fingerprint density at radius 3 is 2.47 bits per heavy atom. The number of halogens is 4. The van der Waals surface area contributed by atoms with E-state index in [2.05, 4.69) is 10.3 Å². The van der Waals surface area contributed by atoms with Crippen molar-refractivity contribution < 1.29 is 17.6 Å². The van der Waals surface area contributed by atoms with Crippen molar-refractivity contribution in [1.82, 2.24) is 15.0 Å². The smallest absolute Gasteiger partial charge is 0.381 e. The maximum Gasteiger partial charge on any atom is 0.419 e. The first-order chi connectivity index (χ1) is 7.88. The van der Waals surface area contributed by atoms with E-state index in [1.807, 2.05) is 0 Å². The van der Waals surface area contributed by atoms with Gasteiger partial charge < -0.3 is 5.73 Å². The first-order valence-electron chi connectivity index (χ1n) is 4.43. The predicted octanol–water partition coefficient (Wildman–Crippen LogP) is 2.01. The van der Waals surface area contributed by atoms with Gasteiger partial charge in [-0.15, -0.1) is 5.10 Å². The van der Waals surface area contributed by atoms with Crippen LogP contribution >= 0.6 is 0 Å². The molecule has 1 heterocycles. The lowest BCUT2D eigenvalue weighted by molar-refractivity contribution is -0.140. The summed E-state index contributed by atoms with van der Waals surface area (Å²) in [6.07, 6.45) is -3.53. The Labute approximate surface area is 92.7 Å². The molecule has 0 amide bonds. The molecule has 0 bridgehead atoms. The normalized spacial score (nSPS) is 11.8. The van der Waals surface area contributed by atoms with Crippen molar-refractivity contribution >= 4 is 5.82 Å². The van der Waals surface area contributed by atoms with Crippen molar-refractivity contribution in [3.63, 3.8) is 0 Å². The lowest BCUT2D eigenvalue weighted by Gasteiger charge is -2.09. The van der Waals surface area contributed by atoms with Crippen molar-refractivity contribution in [2.75, 3.05) is 5.73 Å². The molecular weight excluding hydrogens is 240 g/mol. The molecule has 0 saturated carbocycles. The molecule has 0 aliphatic heterocycles. The van der Waals surface area contributed by atoms with Crippen LogP contribution in [0, 0.1) is 5.82 Å². The van der Waals surface area contributed by atoms with Gasteiger partial charge in [-0.3, -0.25) is 0 Å². The van der Waals surface area contributed by atoms with Gasteiger partial charge in [0.15, 0.2) is 5.82 Å². The average molecular weight is 246 g/mol. The quantitative estimate of drug-likeness (QED) is 0.783. The molecule has 17 heavy (non-hydrogen) atoms. The molecule has 0 aliphatic rings. The zero-order valence-electron chi connectivity index (χ0n) is 8.24. The molecule has 0 radical (unpaired) electrons. The molecule has 0 aliphatic carbocycles. The van der Waals surface area contributed by atoms with Crippen LogP contribution < -0.4 is 5.73 Å². The van der Waals surface area contributed by atoms with E-state index in [9.17, 15) is 17.6 Å². The number of alkyl halides is 3. The molecule has 0 atom stereocenters. The number of rotatable bonds is 1. The summed E-state index contributed by atoms with van der Waals surface area (Å²) in [5, 5.41) is 6.91. The van der Waals surface area contributed by atoms with Crippen LogP contribution in [0.5, 0.6) is 0 Å². The number of benzene rings is 1. The zero-order chi connectivity index (χ0) is 12.6. The van der Waals surface area contributed by atoms with Gasteiger partial charge in [0.05, 0.1) is 17.4 Å². The number of nitrogen functional groups attached to an aromatic ring is 1. The van der Waals surface area contributed by atoms with Gasteiger partial charge >= 0.3 is 6.18 Å². The van der Waals surface area contributed by atoms with Gasteiger partial charge in [-0.05, 0) is 18.2 Å². The van der Waals surface area contributed by atoms with Crippen LogP contribution in [0.15, 0.2) is 24.4 Å². The van der Waals surface area contributed by atoms with E-state index in [4.69, 9.17) is 5.73 Å². The van der Waals surface area contributed by atoms with Crippen molar-refractivity contribution in [1.29, 1.82) is 0 Å². The second kappa shape index (κ2) is 3.72. The number of hydrogen-bond acceptors (Lipinski definition) is 3. The number of aromatic nitrogens is 3. The molecule has 1 aromatic heterocycles. The Hall–Kier alpha value is -2.12. The fourth-order valence-electron chi connectivity index (χ4n) is 1.28. The number of hydrogen-bond donors (Lipinski definition) is 1. The zero-order valence-corrected chi connectivity index (χ0v) is 8.24. The standard InChI is InChI=1S/C9H6F4N4/c10-7-2-1-5(3-6(7)9(11,12)13)17-4-8(14)15-16-17/h1-4H,14H2. The lowest BCUT2D eigenvalue weighted by atomic mass is 10.2. The molecule has 90 valence electrons. The molecule has 1 aromatic carbocycles. The predicted molar refractivity (Wildman–Crippen MR) is 50.7 cm³/mol. The summed E-state index contributed by atoms with van der Waals surface area (Å²) < 4.78 is 51.3. The van der Waals surface area contributed by atoms with E-state index in [0.717, 1.165) is 16.8 Å². The van der Waals surface area contributed by atoms with Crippen LogP contribution in [-0.4, -0.2) is 15.0 Å². The van der Waals surface area contributed by atoms with E-state index >= 15 is 0 Å². The monoisotopic (exact) mass is 246 g/mol. The number of anilines is 1. The molecule has 2 aromatic rings. The first-order valence-corrected chi connectivity index (χ1v) is 4.43. The Bertz CT molecular complexity index is 546. The molecule has 0 fully saturated rings. The van der Waals surface area contributed by atoms with Crippen molar-refractivity contribution in [2.45, 2.75) is 6.18 Å². The maximum absolute atomic E-state index is 13.0. The summed E-state index contributed by atoms with van der Waals surface area (Å²) in [6.45, 7) is 0. The molecule has 2 N–H and O–H groups in total. The van der Waals surface area contributed by atoms with Crippen molar-refractivity contribution in [3.05, 3.63) is 35.8 Å². The summed E-state index contributed by atoms with van der Waals surface area (Å²) in [6, 6.07) is 2.51. The van der Waals surface area contributed by atoms with E-state index in [1.165, 1.54) is 6.20 Å². The Kier molecular flexibility index (Phi) is 2.49. The van der Waals surface area contributed by atoms with Gasteiger partial charge in [-0.1, -0.05) is 5.21 Å². The van der Waals surface area contributed by atoms with Gasteiger partial charge in [0, 0.05) is 0 Å². The molecule has 0 spiro atoms. The summed E-state index contributed by atoms with van der Waals surface area (Å²) in [5.41, 5.74) is 3.95. The molecule has 8 heteroatoms. The van der Waals surface area contributed by atoms with Gasteiger partial charge in [-0.2, -0.15) is 13.2 Å². The van der Waals surface area contributed by atoms with E-state index in [1.54, 1.807) is 0 Å². The van der Waals surface area contributed by atoms with Gasteiger partial charge in [0.2, 0.25) is 0 Å². The minimum Gasteiger partial charge on any atom is -0.381 e. The first kappa shape index (κ1) is 11.4. The Morgan fingerprint density at radius 2 is 1.94 bits per heavy atom. The van der Waals surface area contributed by atoms with Gasteiger partial charge in [0.1, 0.15) is 5.82 Å². The highest BCUT2D eigenvalue weighted by Gasteiger charge is 2.34. The van der Waals surface area contributed by atoms with Crippen LogP contribution in [0.3, 0.4) is 0 Å². The number of nitrogens with two attached hydrogens (primary N) is 1. The third-order valence-electron chi connectivity index (χ3n) is 2.03. The summed E-state index contributed by atoms with van der Waals surface area (Å²) in [4.78, 5) is 0. The van der Waals surface area contributed by atoms with E-state index in [0.29, 0.717) is 6.07 Å². The van der Waals surface area contributed by atoms with Crippen molar-refractivity contribution in [3.8, 4) is 5.69 Å². The third kappa shape index (κ3) is 2.19. The summed E-state index contributed by atoms with van der Waals surface area (Å²) >= 11 is 0. The average Bonchev–Trinajstić information content (AvgIpc) is 2.64. The second-order valence-corrected chi connectivity index (χ2v) is 3.25. The van der Waals surface area contributed by atoms with Crippen LogP contribution in [0.25, 0.3) is 5.69 Å². The Balaban J connectivity index is 2.51. The molecule has 4 nitrogen and oxygen atoms in total. The largest absolute Gasteiger partial charge is 0.419 e. The lowest BCUT2D eigenvalue weighted by Crippen LogP contribution is -2.09. The summed E-state index contributed by atoms with van der Waals surface area (Å²) in [7, 11) is 0. The molecule has 0 unspecified atom stereocenters. The summed E-state index contributed by atoms with van der Waals surface area (Å²) in [5.74, 6) is -1.28. The third-order valence-corrected chi connectivity index (χ3v) is 2.03. The fraction of sp³-hybridized carbons (Fsp3) is 0.111. The fourth-order valence-corrected chi connectivity index (χ4v) is 1.28. The SMILES string of the molecule is Nc1cn(-c2ccc(F)c(C(F)(F)F)c2)nn1. The van der Waals surface area contributed by atoms with Crippen LogP contribution in [-0.2, 0) is 6.18 Å². The maximum atomic E-state index is 13.0. The van der Waals surface area contributed by atoms with Crippen molar-refractivity contribution in [2.24, 2.45) is 0 Å². The van der Waals surface area contributed by atoms with Crippen LogP contribution in [0.4, 0.5) is 23.4 Å². The van der Waals surface area contributed by atoms with Gasteiger partial charge in [0.25, 0.3) is 0 Å². The highest BCUT2D eigenvalue weighted by molar-refractivity contribution is 5.38. The molecule has 2 rings (SSSR count). The minimum atomic E-state index is -4.76. The number of nitrogens with zero attached hydrogens (tertiary/aromatic N) is 3. The minimum absolute atomic E-state index is 0.0305. The van der Waals surface area contributed by atoms with E-state index in [-0.39, 0.29) is 11.5 Å². The van der Waals surface area contributed by atoms with Gasteiger partial charge in [-0.25, -0.2) is 9.07 Å². The van der Waals surface area contributed by atoms with Crippen LogP contribution in [0.1, 0.15) is 5.56 Å². The second-order valence-electron chi connectivity index (χ2n) is 3.25. The van der Waals surface area contributed by atoms with E-state index < -0.39 is 17.6 Å². The topological polar surface area (TPSA) is 56.7 Å². The highest BCUT2D eigenvalue weighted by atomic mass is 19.4. The molecule has 0 saturated heterocycles. The Morgan fingerprint density at radius 1 is 1.24 bits per heavy atom. The highest BCUT2D eigenvalue weighted by Crippen LogP contribution is 2.32.